The first kappa shape index (κ1) is 6.53. The lowest BCUT2D eigenvalue weighted by Gasteiger charge is -2.27. The minimum Gasteiger partial charge on any atom is -0.313 e. The molecule has 1 aliphatic heterocycles. The molecule has 1 heterocycles. The van der Waals surface area contributed by atoms with Gasteiger partial charge in [-0.2, -0.15) is 5.26 Å². The molecule has 1 saturated heterocycles. The van der Waals surface area contributed by atoms with E-state index < -0.39 is 0 Å². The monoisotopic (exact) mass is 124 g/mol. The molecule has 0 aliphatic carbocycles. The molecule has 49 valence electrons. The molecule has 3 heteroatoms. The molecule has 1 fully saturated rings. The SMILES string of the molecule is [CH2]N1CCNCC1C#N. The molecule has 0 aromatic heterocycles. The third-order valence-corrected chi connectivity index (χ3v) is 1.50. The number of hydrogen-bond acceptors (Lipinski definition) is 3. The molecule has 3 nitrogen and oxygen atoms in total. The van der Waals surface area contributed by atoms with Crippen molar-refractivity contribution in [3.8, 4) is 6.07 Å². The van der Waals surface area contributed by atoms with Crippen molar-refractivity contribution in [1.29, 1.82) is 5.26 Å². The number of nitrogens with zero attached hydrogens (tertiary/aromatic N) is 2. The summed E-state index contributed by atoms with van der Waals surface area (Å²) in [4.78, 5) is 1.82. The summed E-state index contributed by atoms with van der Waals surface area (Å²) in [6.07, 6.45) is 0. The Bertz CT molecular complexity index is 127. The first-order valence-electron chi connectivity index (χ1n) is 3.02. The first-order chi connectivity index (χ1) is 4.34. The molecule has 0 spiro atoms. The van der Waals surface area contributed by atoms with Crippen LogP contribution < -0.4 is 5.32 Å². The number of hydrogen-bond donors (Lipinski definition) is 1. The van der Waals surface area contributed by atoms with Crippen molar-refractivity contribution in [2.75, 3.05) is 19.6 Å². The van der Waals surface area contributed by atoms with E-state index in [1.165, 1.54) is 0 Å². The molecule has 0 amide bonds. The van der Waals surface area contributed by atoms with Gasteiger partial charge in [0.05, 0.1) is 6.07 Å². The molecule has 1 rings (SSSR count). The van der Waals surface area contributed by atoms with Crippen LogP contribution in [0.3, 0.4) is 0 Å². The van der Waals surface area contributed by atoms with Gasteiger partial charge in [-0.15, -0.1) is 0 Å². The van der Waals surface area contributed by atoms with Crippen LogP contribution in [0.5, 0.6) is 0 Å². The predicted molar refractivity (Wildman–Crippen MR) is 34.3 cm³/mol. The summed E-state index contributed by atoms with van der Waals surface area (Å²) in [6, 6.07) is 2.13. The van der Waals surface area contributed by atoms with Crippen molar-refractivity contribution >= 4 is 0 Å². The third-order valence-electron chi connectivity index (χ3n) is 1.50. The zero-order chi connectivity index (χ0) is 6.69. The van der Waals surface area contributed by atoms with Gasteiger partial charge >= 0.3 is 0 Å². The Labute approximate surface area is 55.3 Å². The molecule has 0 saturated carbocycles. The van der Waals surface area contributed by atoms with Crippen LogP contribution in [-0.2, 0) is 0 Å². The van der Waals surface area contributed by atoms with Gasteiger partial charge in [-0.1, -0.05) is 0 Å². The van der Waals surface area contributed by atoms with Crippen LogP contribution in [0.2, 0.25) is 0 Å². The Hall–Kier alpha value is -0.590. The van der Waals surface area contributed by atoms with Gasteiger partial charge in [-0.3, -0.25) is 4.90 Å². The third kappa shape index (κ3) is 1.41. The second kappa shape index (κ2) is 2.81. The van der Waals surface area contributed by atoms with Crippen LogP contribution >= 0.6 is 0 Å². The van der Waals surface area contributed by atoms with Gasteiger partial charge in [0, 0.05) is 26.7 Å². The maximum absolute atomic E-state index is 8.49. The van der Waals surface area contributed by atoms with Gasteiger partial charge < -0.3 is 5.32 Å². The van der Waals surface area contributed by atoms with Crippen LogP contribution in [0, 0.1) is 18.4 Å². The summed E-state index contributed by atoms with van der Waals surface area (Å²) in [5.41, 5.74) is 0. The first-order valence-corrected chi connectivity index (χ1v) is 3.02. The highest BCUT2D eigenvalue weighted by molar-refractivity contribution is 4.95. The van der Waals surface area contributed by atoms with Gasteiger partial charge in [-0.25, -0.2) is 0 Å². The van der Waals surface area contributed by atoms with Crippen LogP contribution in [0.4, 0.5) is 0 Å². The van der Waals surface area contributed by atoms with Crippen LogP contribution in [-0.4, -0.2) is 30.6 Å². The average molecular weight is 124 g/mol. The fourth-order valence-electron chi connectivity index (χ4n) is 0.874. The number of nitriles is 1. The molecule has 1 atom stereocenters. The highest BCUT2D eigenvalue weighted by Crippen LogP contribution is 1.97. The number of piperazine rings is 1. The summed E-state index contributed by atoms with van der Waals surface area (Å²) in [6.45, 7) is 2.57. The summed E-state index contributed by atoms with van der Waals surface area (Å²) >= 11 is 0. The molecule has 0 aromatic rings. The smallest absolute Gasteiger partial charge is 0.110 e. The minimum absolute atomic E-state index is 0.0289. The standard InChI is InChI=1S/C6H10N3/c1-9-3-2-8-5-6(9)4-7/h6,8H,1-3,5H2. The van der Waals surface area contributed by atoms with Crippen molar-refractivity contribution in [3.05, 3.63) is 7.05 Å². The molecule has 1 aliphatic rings. The van der Waals surface area contributed by atoms with E-state index >= 15 is 0 Å². The summed E-state index contributed by atoms with van der Waals surface area (Å²) in [7, 11) is 3.72. The van der Waals surface area contributed by atoms with Gasteiger partial charge in [0.15, 0.2) is 0 Å². The second-order valence-electron chi connectivity index (χ2n) is 2.16. The van der Waals surface area contributed by atoms with Gasteiger partial charge in [0.2, 0.25) is 0 Å². The van der Waals surface area contributed by atoms with E-state index in [2.05, 4.69) is 18.4 Å². The summed E-state index contributed by atoms with van der Waals surface area (Å²) < 4.78 is 0. The van der Waals surface area contributed by atoms with Crippen molar-refractivity contribution in [2.45, 2.75) is 6.04 Å². The Kier molecular flexibility index (Phi) is 2.04. The van der Waals surface area contributed by atoms with Crippen molar-refractivity contribution in [1.82, 2.24) is 10.2 Å². The van der Waals surface area contributed by atoms with E-state index in [0.717, 1.165) is 19.6 Å². The quantitative estimate of drug-likeness (QED) is 0.476. The van der Waals surface area contributed by atoms with Gasteiger partial charge in [0.25, 0.3) is 0 Å². The zero-order valence-corrected chi connectivity index (χ0v) is 5.30. The molecular weight excluding hydrogens is 114 g/mol. The van der Waals surface area contributed by atoms with Gasteiger partial charge in [-0.05, 0) is 0 Å². The normalized spacial score (nSPS) is 29.6. The highest BCUT2D eigenvalue weighted by Gasteiger charge is 2.16. The summed E-state index contributed by atoms with van der Waals surface area (Å²) in [5, 5.41) is 11.6. The van der Waals surface area contributed by atoms with E-state index in [9.17, 15) is 0 Å². The van der Waals surface area contributed by atoms with Crippen molar-refractivity contribution in [3.63, 3.8) is 0 Å². The summed E-state index contributed by atoms with van der Waals surface area (Å²) in [5.74, 6) is 0. The lowest BCUT2D eigenvalue weighted by atomic mass is 10.2. The number of rotatable bonds is 0. The van der Waals surface area contributed by atoms with Crippen molar-refractivity contribution in [2.24, 2.45) is 0 Å². The topological polar surface area (TPSA) is 39.1 Å². The Morgan fingerprint density at radius 1 is 1.78 bits per heavy atom. The Balaban J connectivity index is 2.41. The van der Waals surface area contributed by atoms with E-state index in [-0.39, 0.29) is 6.04 Å². The molecular formula is C6H10N3. The largest absolute Gasteiger partial charge is 0.313 e. The predicted octanol–water partition coefficient (Wildman–Crippen LogP) is -0.425. The van der Waals surface area contributed by atoms with E-state index in [0.29, 0.717) is 0 Å². The molecule has 9 heavy (non-hydrogen) atoms. The maximum Gasteiger partial charge on any atom is 0.110 e. The zero-order valence-electron chi connectivity index (χ0n) is 5.30. The molecule has 0 bridgehead atoms. The number of nitrogens with one attached hydrogen (secondary N) is 1. The highest BCUT2D eigenvalue weighted by atomic mass is 15.2. The lowest BCUT2D eigenvalue weighted by molar-refractivity contribution is 0.268. The molecule has 0 aromatic carbocycles. The molecule has 1 unspecified atom stereocenters. The Morgan fingerprint density at radius 3 is 3.00 bits per heavy atom. The molecule has 1 radical (unpaired) electrons. The second-order valence-corrected chi connectivity index (χ2v) is 2.16. The van der Waals surface area contributed by atoms with E-state index in [1.807, 2.05) is 4.90 Å². The molecule has 1 N–H and O–H groups in total. The lowest BCUT2D eigenvalue weighted by Crippen LogP contribution is -2.47. The van der Waals surface area contributed by atoms with Crippen LogP contribution in [0.15, 0.2) is 0 Å². The van der Waals surface area contributed by atoms with Crippen LogP contribution in [0.25, 0.3) is 0 Å². The average Bonchev–Trinajstić information content (AvgIpc) is 1.89. The van der Waals surface area contributed by atoms with E-state index in [1.54, 1.807) is 0 Å². The minimum atomic E-state index is -0.0289. The fraction of sp³-hybridized carbons (Fsp3) is 0.667. The Morgan fingerprint density at radius 2 is 2.56 bits per heavy atom. The van der Waals surface area contributed by atoms with Crippen molar-refractivity contribution < 1.29 is 0 Å². The van der Waals surface area contributed by atoms with Gasteiger partial charge in [0.1, 0.15) is 6.04 Å². The van der Waals surface area contributed by atoms with Crippen LogP contribution in [0.1, 0.15) is 0 Å². The fourth-order valence-corrected chi connectivity index (χ4v) is 0.874. The van der Waals surface area contributed by atoms with E-state index in [4.69, 9.17) is 5.26 Å². The maximum atomic E-state index is 8.49.